The van der Waals surface area contributed by atoms with Gasteiger partial charge in [-0.05, 0) is 18.8 Å². The molecule has 1 saturated heterocycles. The topological polar surface area (TPSA) is 109 Å². The number of ether oxygens (including phenoxy) is 2. The Hall–Kier alpha value is -2.30. The summed E-state index contributed by atoms with van der Waals surface area (Å²) in [5.74, 6) is -0.988. The highest BCUT2D eigenvalue weighted by molar-refractivity contribution is 5.86. The number of alkyl carbamates (subject to hydrolysis) is 1. The first-order valence-corrected chi connectivity index (χ1v) is 8.14. The van der Waals surface area contributed by atoms with Crippen LogP contribution < -0.4 is 5.32 Å². The molecule has 1 heterocycles. The van der Waals surface area contributed by atoms with Crippen molar-refractivity contribution in [1.82, 2.24) is 10.2 Å². The van der Waals surface area contributed by atoms with Gasteiger partial charge >= 0.3 is 12.1 Å². The Bertz CT molecular complexity index is 516. The molecule has 0 aromatic heterocycles. The van der Waals surface area contributed by atoms with Gasteiger partial charge in [-0.2, -0.15) is 5.26 Å². The molecule has 4 atom stereocenters. The lowest BCUT2D eigenvalue weighted by atomic mass is 9.97. The largest absolute Gasteiger partial charge is 0.426 e. The van der Waals surface area contributed by atoms with Crippen LogP contribution in [-0.4, -0.2) is 47.8 Å². The molecule has 1 N–H and O–H groups in total. The Labute approximate surface area is 142 Å². The highest BCUT2D eigenvalue weighted by Gasteiger charge is 2.36. The molecule has 0 aromatic carbocycles. The van der Waals surface area contributed by atoms with Gasteiger partial charge < -0.3 is 19.7 Å². The van der Waals surface area contributed by atoms with Crippen molar-refractivity contribution in [2.75, 3.05) is 6.54 Å². The van der Waals surface area contributed by atoms with Crippen LogP contribution in [0.5, 0.6) is 0 Å². The zero-order valence-electron chi connectivity index (χ0n) is 14.6. The maximum atomic E-state index is 12.7. The maximum absolute atomic E-state index is 12.7. The monoisotopic (exact) mass is 339 g/mol. The zero-order valence-corrected chi connectivity index (χ0v) is 14.6. The maximum Gasteiger partial charge on any atom is 0.410 e. The Morgan fingerprint density at radius 3 is 2.54 bits per heavy atom. The smallest absolute Gasteiger partial charge is 0.410 e. The average Bonchev–Trinajstić information content (AvgIpc) is 2.98. The van der Waals surface area contributed by atoms with Crippen molar-refractivity contribution in [2.45, 2.75) is 65.3 Å². The molecule has 0 aliphatic carbocycles. The zero-order chi connectivity index (χ0) is 18.3. The second-order valence-corrected chi connectivity index (χ2v) is 5.91. The third kappa shape index (κ3) is 5.41. The lowest BCUT2D eigenvalue weighted by Gasteiger charge is -2.29. The van der Waals surface area contributed by atoms with Crippen molar-refractivity contribution >= 4 is 18.0 Å². The van der Waals surface area contributed by atoms with E-state index in [1.54, 1.807) is 0 Å². The van der Waals surface area contributed by atoms with Gasteiger partial charge in [0.2, 0.25) is 12.2 Å². The number of hydrogen-bond acceptors (Lipinski definition) is 6. The van der Waals surface area contributed by atoms with Crippen molar-refractivity contribution in [1.29, 1.82) is 5.26 Å². The number of rotatable bonds is 6. The fourth-order valence-corrected chi connectivity index (χ4v) is 2.60. The van der Waals surface area contributed by atoms with Crippen LogP contribution in [0.25, 0.3) is 0 Å². The summed E-state index contributed by atoms with van der Waals surface area (Å²) in [6.45, 7) is 6.87. The Morgan fingerprint density at radius 2 is 2.00 bits per heavy atom. The fourth-order valence-electron chi connectivity index (χ4n) is 2.60. The first-order chi connectivity index (χ1) is 11.3. The average molecular weight is 339 g/mol. The summed E-state index contributed by atoms with van der Waals surface area (Å²) < 4.78 is 9.65. The normalized spacial score (nSPS) is 20.5. The van der Waals surface area contributed by atoms with Gasteiger partial charge in [-0.1, -0.05) is 20.3 Å². The van der Waals surface area contributed by atoms with E-state index >= 15 is 0 Å². The van der Waals surface area contributed by atoms with Crippen molar-refractivity contribution < 1.29 is 23.9 Å². The highest BCUT2D eigenvalue weighted by Crippen LogP contribution is 2.20. The molecule has 1 rings (SSSR count). The van der Waals surface area contributed by atoms with E-state index in [0.29, 0.717) is 19.4 Å². The number of nitrogens with zero attached hydrogens (tertiary/aromatic N) is 2. The molecule has 1 fully saturated rings. The Kier molecular flexibility index (Phi) is 7.49. The van der Waals surface area contributed by atoms with Crippen LogP contribution in [0.2, 0.25) is 0 Å². The Morgan fingerprint density at radius 1 is 1.33 bits per heavy atom. The lowest BCUT2D eigenvalue weighted by Crippen LogP contribution is -2.53. The molecule has 2 unspecified atom stereocenters. The van der Waals surface area contributed by atoms with Crippen LogP contribution in [0.3, 0.4) is 0 Å². The van der Waals surface area contributed by atoms with Gasteiger partial charge in [0.15, 0.2) is 0 Å². The van der Waals surface area contributed by atoms with Gasteiger partial charge in [-0.3, -0.25) is 9.59 Å². The third-order valence-electron chi connectivity index (χ3n) is 4.04. The minimum Gasteiger partial charge on any atom is -0.426 e. The molecule has 0 aromatic rings. The van der Waals surface area contributed by atoms with Crippen molar-refractivity contribution in [3.05, 3.63) is 0 Å². The van der Waals surface area contributed by atoms with E-state index in [9.17, 15) is 14.4 Å². The van der Waals surface area contributed by atoms with Crippen molar-refractivity contribution in [3.8, 4) is 6.07 Å². The van der Waals surface area contributed by atoms with Crippen LogP contribution in [0.4, 0.5) is 4.79 Å². The van der Waals surface area contributed by atoms with Gasteiger partial charge in [-0.15, -0.1) is 0 Å². The van der Waals surface area contributed by atoms with E-state index in [1.807, 2.05) is 13.8 Å². The standard InChI is InChI=1S/C16H25N3O5/c1-5-10(2)14(15(21)19-8-6-7-13(19)9-17)18-16(22)24-12(4)23-11(3)20/h10,12-14H,5-8H2,1-4H3,(H,18,22)/t10-,12?,13?,14-/m0/s1. The van der Waals surface area contributed by atoms with Gasteiger partial charge in [0.05, 0.1) is 6.07 Å². The molecule has 24 heavy (non-hydrogen) atoms. The first-order valence-electron chi connectivity index (χ1n) is 8.14. The summed E-state index contributed by atoms with van der Waals surface area (Å²) in [4.78, 5) is 37.1. The van der Waals surface area contributed by atoms with E-state index < -0.39 is 30.4 Å². The third-order valence-corrected chi connectivity index (χ3v) is 4.04. The second-order valence-electron chi connectivity index (χ2n) is 5.91. The van der Waals surface area contributed by atoms with Crippen molar-refractivity contribution in [3.63, 3.8) is 0 Å². The number of hydrogen-bond donors (Lipinski definition) is 1. The molecule has 0 spiro atoms. The van der Waals surface area contributed by atoms with Crippen LogP contribution >= 0.6 is 0 Å². The predicted molar refractivity (Wildman–Crippen MR) is 84.4 cm³/mol. The van der Waals surface area contributed by atoms with Crippen LogP contribution in [0, 0.1) is 17.2 Å². The quantitative estimate of drug-likeness (QED) is 0.581. The predicted octanol–water partition coefficient (Wildman–Crippen LogP) is 1.55. The molecular formula is C16H25N3O5. The number of carbonyl (C=O) groups excluding carboxylic acids is 3. The summed E-state index contributed by atoms with van der Waals surface area (Å²) >= 11 is 0. The molecule has 1 aliphatic heterocycles. The van der Waals surface area contributed by atoms with Gasteiger partial charge in [0.1, 0.15) is 12.1 Å². The summed E-state index contributed by atoms with van der Waals surface area (Å²) in [7, 11) is 0. The summed E-state index contributed by atoms with van der Waals surface area (Å²) in [5, 5.41) is 11.7. The van der Waals surface area contributed by atoms with Crippen LogP contribution in [0.1, 0.15) is 47.0 Å². The summed E-state index contributed by atoms with van der Waals surface area (Å²) in [5.41, 5.74) is 0. The highest BCUT2D eigenvalue weighted by atomic mass is 16.7. The number of amides is 2. The minimum atomic E-state index is -1.05. The number of nitrogens with one attached hydrogen (secondary N) is 1. The number of esters is 1. The van der Waals surface area contributed by atoms with E-state index in [4.69, 9.17) is 14.7 Å². The SMILES string of the molecule is CC[C@H](C)[C@H](NC(=O)OC(C)OC(C)=O)C(=O)N1CCCC1C#N. The van der Waals surface area contributed by atoms with E-state index in [0.717, 1.165) is 6.42 Å². The minimum absolute atomic E-state index is 0.131. The molecule has 2 amide bonds. The molecular weight excluding hydrogens is 314 g/mol. The summed E-state index contributed by atoms with van der Waals surface area (Å²) in [6.07, 6.45) is 0.194. The van der Waals surface area contributed by atoms with Gasteiger partial charge in [0.25, 0.3) is 0 Å². The van der Waals surface area contributed by atoms with Crippen LogP contribution in [0.15, 0.2) is 0 Å². The van der Waals surface area contributed by atoms with E-state index in [2.05, 4.69) is 11.4 Å². The number of likely N-dealkylation sites (tertiary alicyclic amines) is 1. The molecule has 8 heteroatoms. The summed E-state index contributed by atoms with van der Waals surface area (Å²) in [6, 6.07) is 0.870. The van der Waals surface area contributed by atoms with Gasteiger partial charge in [-0.25, -0.2) is 4.79 Å². The number of nitriles is 1. The van der Waals surface area contributed by atoms with E-state index in [-0.39, 0.29) is 11.8 Å². The lowest BCUT2D eigenvalue weighted by molar-refractivity contribution is -0.162. The Balaban J connectivity index is 2.75. The van der Waals surface area contributed by atoms with Crippen molar-refractivity contribution in [2.24, 2.45) is 5.92 Å². The fraction of sp³-hybridized carbons (Fsp3) is 0.750. The van der Waals surface area contributed by atoms with E-state index in [1.165, 1.54) is 18.7 Å². The first kappa shape index (κ1) is 19.7. The second kappa shape index (κ2) is 9.11. The van der Waals surface area contributed by atoms with Crippen LogP contribution in [-0.2, 0) is 19.1 Å². The molecule has 1 aliphatic rings. The molecule has 134 valence electrons. The molecule has 0 bridgehead atoms. The molecule has 8 nitrogen and oxygen atoms in total. The molecule has 0 radical (unpaired) electrons. The molecule has 0 saturated carbocycles. The van der Waals surface area contributed by atoms with Gasteiger partial charge in [0, 0.05) is 20.4 Å². The number of carbonyl (C=O) groups is 3.